The third-order valence-corrected chi connectivity index (χ3v) is 22.1. The molecule has 0 aliphatic heterocycles. The molecule has 0 saturated carbocycles. The number of fused-ring (bicyclic) bond motifs is 8. The van der Waals surface area contributed by atoms with Gasteiger partial charge in [-0.25, -0.2) is 31.9 Å². The number of hydrogen-bond acceptors (Lipinski definition) is 7. The molecule has 0 radical (unpaired) electrons. The topological polar surface area (TPSA) is 90.2 Å². The monoisotopic (exact) mass is 1380 g/mol. The van der Waals surface area contributed by atoms with Crippen LogP contribution in [0.25, 0.3) is 0 Å². The zero-order chi connectivity index (χ0) is 72.8. The fourth-order valence-electron chi connectivity index (χ4n) is 15.7. The summed E-state index contributed by atoms with van der Waals surface area (Å²) >= 11 is 0. The maximum atomic E-state index is 13.6. The van der Waals surface area contributed by atoms with Gasteiger partial charge in [-0.3, -0.25) is 15.0 Å². The minimum absolute atomic E-state index is 0.00144. The summed E-state index contributed by atoms with van der Waals surface area (Å²) in [7, 11) is 0. The highest BCUT2D eigenvalue weighted by Crippen LogP contribution is 2.34. The van der Waals surface area contributed by atoms with Gasteiger partial charge in [-0.1, -0.05) is 85.7 Å². The van der Waals surface area contributed by atoms with Crippen LogP contribution in [0.2, 0.25) is 0 Å². The van der Waals surface area contributed by atoms with Gasteiger partial charge in [0.25, 0.3) is 0 Å². The Bertz CT molecular complexity index is 3850. The molecule has 0 amide bonds. The van der Waals surface area contributed by atoms with Gasteiger partial charge in [0.05, 0.1) is 28.5 Å². The lowest BCUT2D eigenvalue weighted by atomic mass is 9.84. The molecule has 8 unspecified atom stereocenters. The Balaban J connectivity index is 0.000000135. The van der Waals surface area contributed by atoms with Gasteiger partial charge >= 0.3 is 0 Å². The van der Waals surface area contributed by atoms with Crippen molar-refractivity contribution >= 4 is 0 Å². The van der Waals surface area contributed by atoms with Gasteiger partial charge in [0.2, 0.25) is 0 Å². The lowest BCUT2D eigenvalue weighted by molar-refractivity contribution is 0.471. The van der Waals surface area contributed by atoms with E-state index in [0.29, 0.717) is 11.8 Å². The Morgan fingerprint density at radius 3 is 1.48 bits per heavy atom. The summed E-state index contributed by atoms with van der Waals surface area (Å²) in [5.74, 6) is 5.99. The Labute approximate surface area is 603 Å². The number of hydrogen-bond donors (Lipinski definition) is 0. The molecule has 101 heavy (non-hydrogen) atoms. The Hall–Kier alpha value is -7.08. The molecule has 8 aliphatic carbocycles. The molecule has 8 aromatic rings. The highest BCUT2D eigenvalue weighted by molar-refractivity contribution is 5.39. The normalized spacial score (nSPS) is 21.6. The van der Waals surface area contributed by atoms with Crippen LogP contribution in [-0.4, -0.2) is 35.1 Å². The second-order valence-corrected chi connectivity index (χ2v) is 32.2. The maximum Gasteiger partial charge on any atom is 0.132 e. The molecule has 4 aromatic heterocycles. The highest BCUT2D eigenvalue weighted by atomic mass is 19.1. The average molecular weight is 1380 g/mol. The second-order valence-electron chi connectivity index (χ2n) is 32.2. The van der Waals surface area contributed by atoms with Crippen LogP contribution in [0.1, 0.15) is 241 Å². The summed E-state index contributed by atoms with van der Waals surface area (Å²) in [6.07, 6.45) is 32.5. The smallest absolute Gasteiger partial charge is 0.132 e. The van der Waals surface area contributed by atoms with E-state index in [1.807, 2.05) is 72.3 Å². The molecule has 8 aliphatic rings. The van der Waals surface area contributed by atoms with Crippen molar-refractivity contribution in [1.29, 1.82) is 0 Å². The summed E-state index contributed by atoms with van der Waals surface area (Å²) in [4.78, 5) is 22.0. The van der Waals surface area contributed by atoms with Gasteiger partial charge in [0.1, 0.15) is 34.9 Å². The molecular formula is C89H116F5N7. The number of benzene rings is 4. The van der Waals surface area contributed by atoms with Crippen LogP contribution in [0.4, 0.5) is 22.0 Å². The molecule has 0 saturated heterocycles. The molecule has 0 N–H and O–H groups in total. The zero-order valence-corrected chi connectivity index (χ0v) is 64.0. The van der Waals surface area contributed by atoms with E-state index in [9.17, 15) is 22.0 Å². The Kier molecular flexibility index (Phi) is 28.1. The summed E-state index contributed by atoms with van der Waals surface area (Å²) in [5.41, 5.74) is 25.3. The van der Waals surface area contributed by atoms with Gasteiger partial charge in [-0.2, -0.15) is 10.2 Å². The van der Waals surface area contributed by atoms with Gasteiger partial charge < -0.3 is 0 Å². The molecule has 0 fully saturated rings. The van der Waals surface area contributed by atoms with E-state index in [1.165, 1.54) is 144 Å². The molecule has 12 heteroatoms. The predicted molar refractivity (Wildman–Crippen MR) is 403 cm³/mol. The molecule has 8 atom stereocenters. The number of aromatic nitrogens is 7. The third-order valence-electron chi connectivity index (χ3n) is 22.1. The van der Waals surface area contributed by atoms with Crippen LogP contribution in [-0.2, 0) is 103 Å². The van der Waals surface area contributed by atoms with Crippen LogP contribution >= 0.6 is 0 Å². The van der Waals surface area contributed by atoms with Gasteiger partial charge in [0, 0.05) is 35.5 Å². The third kappa shape index (κ3) is 22.2. The standard InChI is InChI=1S/C12H14F2.3C12H15F.C11H15N.3C10H14N2/c1-7-3-4-10-9(5-7)6-11(13)8(2)12(10)14;1-8-3-6-11-10(7-8)5-4-9(2)12(11)13;1-8-3-4-10-5-9(2)7-12(13)11(10)6-8;1-8-3-4-10-6-9(2)12(13)7-11(10)5-8;1-8-3-4-10-5-9(2)7-12-11(10)6-8;1-7-3-4-10-9(5-7)6-11-8(2)12-10;1-7-3-4-9-10(5-7)11-6-8(2)12-9;1-7-3-4-9-6-8(2)11-12-10(9)5-7/h6-7H,3-5H2,1-2H3;4-5,8H,3,6-7H2,1-2H3;5,7-8H,3-4,6H2,1-2H3;6-8H,3-5H2,1-2H3;5,7-8H,3-4,6H2,1-2H3;3*6-7H,3-5H2,1-2H3. The van der Waals surface area contributed by atoms with Crippen LogP contribution in [0, 0.1) is 132 Å². The summed E-state index contributed by atoms with van der Waals surface area (Å²) < 4.78 is 67.2. The van der Waals surface area contributed by atoms with Crippen LogP contribution in [0.15, 0.2) is 73.2 Å². The van der Waals surface area contributed by atoms with Crippen molar-refractivity contribution < 1.29 is 22.0 Å². The maximum absolute atomic E-state index is 13.6. The lowest BCUT2D eigenvalue weighted by Gasteiger charge is -2.22. The van der Waals surface area contributed by atoms with Crippen molar-refractivity contribution in [3.05, 3.63) is 237 Å². The van der Waals surface area contributed by atoms with Crippen molar-refractivity contribution in [2.75, 3.05) is 0 Å². The van der Waals surface area contributed by atoms with Crippen molar-refractivity contribution in [3.63, 3.8) is 0 Å². The first kappa shape index (κ1) is 78.1. The van der Waals surface area contributed by atoms with Gasteiger partial charge in [-0.15, -0.1) is 0 Å². The number of aryl methyl sites for hydroxylation is 13. The van der Waals surface area contributed by atoms with Crippen LogP contribution in [0.5, 0.6) is 0 Å². The number of rotatable bonds is 0. The summed E-state index contributed by atoms with van der Waals surface area (Å²) in [5, 5.41) is 8.30. The van der Waals surface area contributed by atoms with E-state index in [4.69, 9.17) is 0 Å². The molecule has 0 spiro atoms. The van der Waals surface area contributed by atoms with Crippen molar-refractivity contribution in [2.45, 2.75) is 265 Å². The first-order chi connectivity index (χ1) is 48.1. The summed E-state index contributed by atoms with van der Waals surface area (Å²) in [6.45, 7) is 33.2. The number of nitrogens with zero attached hydrogens (tertiary/aromatic N) is 7. The van der Waals surface area contributed by atoms with Crippen molar-refractivity contribution in [3.8, 4) is 0 Å². The van der Waals surface area contributed by atoms with Crippen LogP contribution < -0.4 is 0 Å². The first-order valence-electron chi connectivity index (χ1n) is 38.3. The minimum Gasteiger partial charge on any atom is -0.261 e. The molecule has 0 bridgehead atoms. The van der Waals surface area contributed by atoms with Gasteiger partial charge in [0.15, 0.2) is 0 Å². The molecule has 542 valence electrons. The van der Waals surface area contributed by atoms with E-state index in [2.05, 4.69) is 122 Å². The quantitative estimate of drug-likeness (QED) is 0.140. The Morgan fingerprint density at radius 2 is 0.802 bits per heavy atom. The van der Waals surface area contributed by atoms with Crippen LogP contribution in [0.3, 0.4) is 0 Å². The molecule has 7 nitrogen and oxygen atoms in total. The minimum atomic E-state index is -0.407. The SMILES string of the molecule is Cc1c(F)cc2c(c1F)CCC(C)C2.Cc1cc(F)c2c(c1)CCC(C)C2.Cc1cc2c(cc1F)CC(C)CC2.Cc1cc2c(nn1)CC(C)CC2.Cc1ccc2c(c1F)CCC(C)C2.Cc1cnc2c(c1)CCC(C)C2.Cc1cnc2c(n1)CCC(C)C2.Cc1ncc2c(n1)CCC(C)C2. The first-order valence-corrected chi connectivity index (χ1v) is 38.3. The number of halogens is 5. The van der Waals surface area contributed by atoms with E-state index in [1.54, 1.807) is 12.1 Å². The molecule has 4 aromatic carbocycles. The second kappa shape index (κ2) is 36.4. The van der Waals surface area contributed by atoms with Crippen molar-refractivity contribution in [1.82, 2.24) is 35.1 Å². The number of pyridine rings is 1. The predicted octanol–water partition coefficient (Wildman–Crippen LogP) is 21.4. The van der Waals surface area contributed by atoms with Crippen molar-refractivity contribution in [2.24, 2.45) is 47.3 Å². The largest absolute Gasteiger partial charge is 0.261 e. The molecule has 16 rings (SSSR count). The average Bonchev–Trinajstić information content (AvgIpc) is 0.806. The Morgan fingerprint density at radius 1 is 0.297 bits per heavy atom. The van der Waals surface area contributed by atoms with Gasteiger partial charge in [-0.05, 0) is 365 Å². The molecule has 4 heterocycles. The van der Waals surface area contributed by atoms with E-state index >= 15 is 0 Å². The van der Waals surface area contributed by atoms with E-state index in [-0.39, 0.29) is 28.8 Å². The fourth-order valence-corrected chi connectivity index (χ4v) is 15.7. The summed E-state index contributed by atoms with van der Waals surface area (Å²) in [6, 6.07) is 17.5. The fraction of sp³-hybridized carbons (Fsp3) is 0.539. The highest BCUT2D eigenvalue weighted by Gasteiger charge is 2.25. The van der Waals surface area contributed by atoms with E-state index in [0.717, 1.165) is 188 Å². The lowest BCUT2D eigenvalue weighted by Crippen LogP contribution is -2.14. The molecular weight excluding hydrogens is 1260 g/mol. The zero-order valence-electron chi connectivity index (χ0n) is 64.0. The van der Waals surface area contributed by atoms with E-state index < -0.39 is 5.82 Å².